The average molecular weight is 572 g/mol. The molecule has 1 atom stereocenters. The molecule has 2 aromatic rings. The standard InChI is InChI=1S/C23H33N5O2S.HI/c1-17-3-6-21(31-17)20(28-9-11-29-12-10-28)15-27-23(24-2)26-14-19-7-8-25-22(13-19)30-16-18-4-5-18;/h3,6-8,13,18,20H,4-5,9-12,14-16H2,1-2H3,(H2,24,26,27);1H. The van der Waals surface area contributed by atoms with Crippen LogP contribution in [-0.2, 0) is 11.3 Å². The number of aryl methyl sites for hydroxylation is 1. The van der Waals surface area contributed by atoms with Crippen LogP contribution < -0.4 is 15.4 Å². The lowest BCUT2D eigenvalue weighted by atomic mass is 10.2. The largest absolute Gasteiger partial charge is 0.477 e. The van der Waals surface area contributed by atoms with Crippen molar-refractivity contribution in [1.29, 1.82) is 0 Å². The molecule has 0 spiro atoms. The number of hydrogen-bond acceptors (Lipinski definition) is 6. The van der Waals surface area contributed by atoms with E-state index in [1.54, 1.807) is 0 Å². The van der Waals surface area contributed by atoms with E-state index in [0.29, 0.717) is 18.5 Å². The molecular weight excluding hydrogens is 537 g/mol. The first-order chi connectivity index (χ1) is 15.2. The van der Waals surface area contributed by atoms with Crippen molar-refractivity contribution in [3.05, 3.63) is 45.8 Å². The third kappa shape index (κ3) is 7.57. The van der Waals surface area contributed by atoms with Gasteiger partial charge in [0.15, 0.2) is 5.96 Å². The molecule has 2 aliphatic rings. The van der Waals surface area contributed by atoms with Crippen molar-refractivity contribution in [2.75, 3.05) is 46.5 Å². The van der Waals surface area contributed by atoms with E-state index in [4.69, 9.17) is 9.47 Å². The summed E-state index contributed by atoms with van der Waals surface area (Å²) in [5, 5.41) is 6.94. The van der Waals surface area contributed by atoms with Crippen molar-refractivity contribution < 1.29 is 9.47 Å². The van der Waals surface area contributed by atoms with Crippen LogP contribution in [0.3, 0.4) is 0 Å². The number of morpholine rings is 1. The Morgan fingerprint density at radius 2 is 2.09 bits per heavy atom. The number of halogens is 1. The molecule has 2 aromatic heterocycles. The van der Waals surface area contributed by atoms with Crippen LogP contribution in [0.4, 0.5) is 0 Å². The van der Waals surface area contributed by atoms with Crippen LogP contribution in [0.1, 0.15) is 34.2 Å². The van der Waals surface area contributed by atoms with Gasteiger partial charge in [-0.05, 0) is 49.4 Å². The minimum absolute atomic E-state index is 0. The van der Waals surface area contributed by atoms with E-state index < -0.39 is 0 Å². The summed E-state index contributed by atoms with van der Waals surface area (Å²) >= 11 is 1.87. The van der Waals surface area contributed by atoms with Crippen LogP contribution in [0.5, 0.6) is 5.88 Å². The minimum Gasteiger partial charge on any atom is -0.477 e. The van der Waals surface area contributed by atoms with Gasteiger partial charge >= 0.3 is 0 Å². The molecule has 32 heavy (non-hydrogen) atoms. The second kappa shape index (κ2) is 12.7. The van der Waals surface area contributed by atoms with E-state index in [1.165, 1.54) is 22.6 Å². The van der Waals surface area contributed by atoms with Gasteiger partial charge in [0.05, 0.1) is 25.9 Å². The smallest absolute Gasteiger partial charge is 0.213 e. The normalized spacial score (nSPS) is 18.0. The molecule has 1 saturated carbocycles. The number of hydrogen-bond donors (Lipinski definition) is 2. The Balaban J connectivity index is 0.00000289. The number of rotatable bonds is 9. The summed E-state index contributed by atoms with van der Waals surface area (Å²) in [6.45, 7) is 7.90. The second-order valence-corrected chi connectivity index (χ2v) is 9.50. The number of nitrogens with one attached hydrogen (secondary N) is 2. The van der Waals surface area contributed by atoms with Gasteiger partial charge in [0.25, 0.3) is 0 Å². The number of guanidine groups is 1. The molecule has 1 saturated heterocycles. The average Bonchev–Trinajstić information content (AvgIpc) is 3.54. The van der Waals surface area contributed by atoms with Crippen LogP contribution >= 0.6 is 35.3 Å². The fraction of sp³-hybridized carbons (Fsp3) is 0.565. The predicted molar refractivity (Wildman–Crippen MR) is 140 cm³/mol. The number of ether oxygens (including phenoxy) is 2. The van der Waals surface area contributed by atoms with Crippen molar-refractivity contribution in [2.24, 2.45) is 10.9 Å². The molecule has 4 rings (SSSR count). The van der Waals surface area contributed by atoms with E-state index in [2.05, 4.69) is 44.6 Å². The zero-order valence-electron chi connectivity index (χ0n) is 18.9. The summed E-state index contributed by atoms with van der Waals surface area (Å²) in [5.74, 6) is 2.22. The molecule has 1 aliphatic carbocycles. The number of pyridine rings is 1. The van der Waals surface area contributed by atoms with E-state index >= 15 is 0 Å². The van der Waals surface area contributed by atoms with Crippen LogP contribution in [0.2, 0.25) is 0 Å². The SMILES string of the molecule is CN=C(NCc1ccnc(OCC2CC2)c1)NCC(c1ccc(C)s1)N1CCOCC1.I. The maximum absolute atomic E-state index is 5.80. The maximum atomic E-state index is 5.80. The maximum Gasteiger partial charge on any atom is 0.213 e. The Morgan fingerprint density at radius 3 is 2.78 bits per heavy atom. The van der Waals surface area contributed by atoms with Crippen molar-refractivity contribution in [2.45, 2.75) is 32.4 Å². The van der Waals surface area contributed by atoms with Gasteiger partial charge < -0.3 is 20.1 Å². The first-order valence-corrected chi connectivity index (χ1v) is 11.9. The quantitative estimate of drug-likeness (QED) is 0.273. The number of aromatic nitrogens is 1. The third-order valence-electron chi connectivity index (χ3n) is 5.69. The molecule has 0 amide bonds. The summed E-state index contributed by atoms with van der Waals surface area (Å²) in [5.41, 5.74) is 1.13. The Kier molecular flexibility index (Phi) is 10.0. The van der Waals surface area contributed by atoms with E-state index in [0.717, 1.165) is 56.9 Å². The zero-order chi connectivity index (χ0) is 21.5. The summed E-state index contributed by atoms with van der Waals surface area (Å²) < 4.78 is 11.4. The van der Waals surface area contributed by atoms with Gasteiger partial charge in [0.1, 0.15) is 0 Å². The van der Waals surface area contributed by atoms with Crippen molar-refractivity contribution >= 4 is 41.3 Å². The fourth-order valence-electron chi connectivity index (χ4n) is 3.66. The summed E-state index contributed by atoms with van der Waals surface area (Å²) in [6, 6.07) is 8.78. The van der Waals surface area contributed by atoms with Crippen LogP contribution in [0.15, 0.2) is 35.5 Å². The van der Waals surface area contributed by atoms with Crippen LogP contribution in [0, 0.1) is 12.8 Å². The fourth-order valence-corrected chi connectivity index (χ4v) is 4.67. The van der Waals surface area contributed by atoms with Crippen molar-refractivity contribution in [3.63, 3.8) is 0 Å². The summed E-state index contributed by atoms with van der Waals surface area (Å²) in [4.78, 5) is 14.0. The minimum atomic E-state index is 0. The molecule has 7 nitrogen and oxygen atoms in total. The lowest BCUT2D eigenvalue weighted by Gasteiger charge is -2.34. The Labute approximate surface area is 212 Å². The molecule has 2 fully saturated rings. The highest BCUT2D eigenvalue weighted by Gasteiger charge is 2.24. The van der Waals surface area contributed by atoms with E-state index in [-0.39, 0.29) is 24.0 Å². The van der Waals surface area contributed by atoms with E-state index in [9.17, 15) is 0 Å². The highest BCUT2D eigenvalue weighted by Crippen LogP contribution is 2.29. The van der Waals surface area contributed by atoms with Crippen LogP contribution in [-0.4, -0.2) is 62.3 Å². The molecule has 1 unspecified atom stereocenters. The Hall–Kier alpha value is -1.43. The topological polar surface area (TPSA) is 71.0 Å². The van der Waals surface area contributed by atoms with Gasteiger partial charge in [-0.2, -0.15) is 0 Å². The van der Waals surface area contributed by atoms with Gasteiger partial charge in [-0.25, -0.2) is 4.98 Å². The number of thiophene rings is 1. The Morgan fingerprint density at radius 1 is 1.28 bits per heavy atom. The Bertz CT molecular complexity index is 868. The highest BCUT2D eigenvalue weighted by atomic mass is 127. The lowest BCUT2D eigenvalue weighted by Crippen LogP contribution is -2.46. The number of nitrogens with zero attached hydrogens (tertiary/aromatic N) is 3. The molecule has 9 heteroatoms. The number of aliphatic imine (C=N–C) groups is 1. The van der Waals surface area contributed by atoms with Gasteiger partial charge in [0, 0.05) is 55.2 Å². The monoisotopic (exact) mass is 571 g/mol. The zero-order valence-corrected chi connectivity index (χ0v) is 22.0. The third-order valence-corrected chi connectivity index (χ3v) is 6.79. The lowest BCUT2D eigenvalue weighted by molar-refractivity contribution is 0.0177. The first-order valence-electron chi connectivity index (χ1n) is 11.1. The van der Waals surface area contributed by atoms with Crippen molar-refractivity contribution in [1.82, 2.24) is 20.5 Å². The molecule has 1 aliphatic heterocycles. The summed E-state index contributed by atoms with van der Waals surface area (Å²) in [6.07, 6.45) is 4.36. The molecule has 176 valence electrons. The first kappa shape index (κ1) is 25.2. The molecule has 3 heterocycles. The second-order valence-electron chi connectivity index (χ2n) is 8.18. The molecule has 0 radical (unpaired) electrons. The van der Waals surface area contributed by atoms with E-state index in [1.807, 2.05) is 36.7 Å². The molecule has 0 bridgehead atoms. The van der Waals surface area contributed by atoms with Gasteiger partial charge in [-0.1, -0.05) is 0 Å². The predicted octanol–water partition coefficient (Wildman–Crippen LogP) is 3.60. The summed E-state index contributed by atoms with van der Waals surface area (Å²) in [7, 11) is 1.81. The highest BCUT2D eigenvalue weighted by molar-refractivity contribution is 14.0. The molecule has 0 aromatic carbocycles. The van der Waals surface area contributed by atoms with Gasteiger partial charge in [0.2, 0.25) is 5.88 Å². The molecule has 2 N–H and O–H groups in total. The van der Waals surface area contributed by atoms with Gasteiger partial charge in [-0.3, -0.25) is 9.89 Å². The van der Waals surface area contributed by atoms with Crippen molar-refractivity contribution in [3.8, 4) is 5.88 Å². The van der Waals surface area contributed by atoms with Gasteiger partial charge in [-0.15, -0.1) is 35.3 Å². The van der Waals surface area contributed by atoms with Crippen LogP contribution in [0.25, 0.3) is 0 Å². The molecular formula is C23H34IN5O2S.